The largest absolute Gasteiger partial charge is 0.324 e. The molecule has 1 unspecified atom stereocenters. The number of hydrogen-bond donors (Lipinski definition) is 3. The van der Waals surface area contributed by atoms with Crippen LogP contribution in [0, 0.1) is 12.8 Å². The van der Waals surface area contributed by atoms with Crippen molar-refractivity contribution in [3.8, 4) is 5.69 Å². The molecule has 44 heavy (non-hydrogen) atoms. The van der Waals surface area contributed by atoms with Crippen molar-refractivity contribution in [1.29, 1.82) is 0 Å². The van der Waals surface area contributed by atoms with Crippen LogP contribution in [0.5, 0.6) is 0 Å². The molecule has 8 heteroatoms. The van der Waals surface area contributed by atoms with Crippen molar-refractivity contribution in [3.63, 3.8) is 0 Å². The molecule has 8 nitrogen and oxygen atoms in total. The first kappa shape index (κ1) is 30.9. The summed E-state index contributed by atoms with van der Waals surface area (Å²) in [5.41, 5.74) is 4.53. The van der Waals surface area contributed by atoms with Gasteiger partial charge in [0.05, 0.1) is 17.3 Å². The van der Waals surface area contributed by atoms with Crippen molar-refractivity contribution in [1.82, 2.24) is 15.1 Å². The monoisotopic (exact) mass is 591 g/mol. The summed E-state index contributed by atoms with van der Waals surface area (Å²) < 4.78 is 1.73. The van der Waals surface area contributed by atoms with Gasteiger partial charge in [0.25, 0.3) is 0 Å². The molecule has 0 saturated carbocycles. The van der Waals surface area contributed by atoms with E-state index in [0.717, 1.165) is 48.4 Å². The fourth-order valence-electron chi connectivity index (χ4n) is 5.70. The first-order chi connectivity index (χ1) is 21.1. The molecule has 0 spiro atoms. The fraction of sp³-hybridized carbons (Fsp3) is 0.333. The Kier molecular flexibility index (Phi) is 9.40. The van der Waals surface area contributed by atoms with Crippen LogP contribution in [-0.4, -0.2) is 40.5 Å². The van der Waals surface area contributed by atoms with Crippen molar-refractivity contribution < 1.29 is 14.4 Å². The molecular formula is C36H41N5O3. The lowest BCUT2D eigenvalue weighted by Gasteiger charge is -2.31. The summed E-state index contributed by atoms with van der Waals surface area (Å²) in [6.45, 7) is 9.80. The lowest BCUT2D eigenvalue weighted by atomic mass is 9.76. The van der Waals surface area contributed by atoms with E-state index in [4.69, 9.17) is 5.10 Å². The van der Waals surface area contributed by atoms with Gasteiger partial charge in [-0.2, -0.15) is 5.10 Å². The van der Waals surface area contributed by atoms with Crippen molar-refractivity contribution in [3.05, 3.63) is 107 Å². The van der Waals surface area contributed by atoms with Crippen LogP contribution in [0.1, 0.15) is 61.9 Å². The average Bonchev–Trinajstić information content (AvgIpc) is 3.44. The molecule has 4 aromatic rings. The second-order valence-corrected chi connectivity index (χ2v) is 12.6. The van der Waals surface area contributed by atoms with Crippen molar-refractivity contribution in [2.24, 2.45) is 5.92 Å². The SMILES string of the molecule is Cc1ccc(-n2nc(C(C)(C)C)cc2NC(=O)Nc2ccccc2C(C(=O)C(=O)Cc2ccccc2)C2CCNCC2)cc1. The highest BCUT2D eigenvalue weighted by molar-refractivity contribution is 6.39. The van der Waals surface area contributed by atoms with Crippen LogP contribution < -0.4 is 16.0 Å². The number of ketones is 2. The molecule has 228 valence electrons. The van der Waals surface area contributed by atoms with Gasteiger partial charge in [0.15, 0.2) is 0 Å². The number of aromatic nitrogens is 2. The van der Waals surface area contributed by atoms with E-state index in [1.807, 2.05) is 85.8 Å². The van der Waals surface area contributed by atoms with Gasteiger partial charge in [0.2, 0.25) is 11.6 Å². The fourth-order valence-corrected chi connectivity index (χ4v) is 5.70. The van der Waals surface area contributed by atoms with E-state index in [2.05, 4.69) is 36.7 Å². The molecule has 1 aliphatic rings. The van der Waals surface area contributed by atoms with Crippen LogP contribution in [0.3, 0.4) is 0 Å². The smallest absolute Gasteiger partial charge is 0.317 e. The van der Waals surface area contributed by atoms with E-state index >= 15 is 0 Å². The van der Waals surface area contributed by atoms with Crippen molar-refractivity contribution in [2.45, 2.75) is 58.3 Å². The van der Waals surface area contributed by atoms with Gasteiger partial charge in [-0.05, 0) is 68.1 Å². The number of amides is 2. The van der Waals surface area contributed by atoms with E-state index < -0.39 is 23.5 Å². The molecule has 3 aromatic carbocycles. The third kappa shape index (κ3) is 7.32. The Hall–Kier alpha value is -4.56. The highest BCUT2D eigenvalue weighted by Crippen LogP contribution is 2.37. The zero-order chi connectivity index (χ0) is 31.3. The summed E-state index contributed by atoms with van der Waals surface area (Å²) >= 11 is 0. The molecule has 1 aliphatic heterocycles. The lowest BCUT2D eigenvalue weighted by Crippen LogP contribution is -2.36. The van der Waals surface area contributed by atoms with Gasteiger partial charge in [-0.15, -0.1) is 0 Å². The van der Waals surface area contributed by atoms with E-state index in [1.54, 1.807) is 10.7 Å². The molecule has 1 saturated heterocycles. The average molecular weight is 592 g/mol. The highest BCUT2D eigenvalue weighted by atomic mass is 16.2. The number of hydrogen-bond acceptors (Lipinski definition) is 5. The normalized spacial score (nSPS) is 14.5. The first-order valence-electron chi connectivity index (χ1n) is 15.3. The highest BCUT2D eigenvalue weighted by Gasteiger charge is 2.36. The van der Waals surface area contributed by atoms with Crippen molar-refractivity contribution >= 4 is 29.1 Å². The molecule has 1 aromatic heterocycles. The minimum absolute atomic E-state index is 0.0215. The van der Waals surface area contributed by atoms with Gasteiger partial charge in [0, 0.05) is 23.6 Å². The van der Waals surface area contributed by atoms with Crippen LogP contribution in [0.4, 0.5) is 16.3 Å². The van der Waals surface area contributed by atoms with Crippen molar-refractivity contribution in [2.75, 3.05) is 23.7 Å². The number of Topliss-reactive ketones (excluding diaryl/α,β-unsaturated/α-hetero) is 2. The summed E-state index contributed by atoms with van der Waals surface area (Å²) in [6.07, 6.45) is 1.58. The Morgan fingerprint density at radius 2 is 1.57 bits per heavy atom. The standard InChI is InChI=1S/C36H41N5O3/c1-24-14-16-27(17-15-24)41-32(23-31(40-41)36(2,3)4)39-35(44)38-29-13-9-8-12-28(29)33(26-18-20-37-21-19-26)34(43)30(42)22-25-10-6-5-7-11-25/h5-17,23,26,33,37H,18-22H2,1-4H3,(H2,38,39,44). The number of para-hydroxylation sites is 1. The van der Waals surface area contributed by atoms with Gasteiger partial charge in [-0.1, -0.05) is 87.0 Å². The zero-order valence-electron chi connectivity index (χ0n) is 25.9. The number of piperidine rings is 1. The zero-order valence-corrected chi connectivity index (χ0v) is 25.9. The number of urea groups is 1. The maximum atomic E-state index is 13.9. The van der Waals surface area contributed by atoms with E-state index in [0.29, 0.717) is 17.1 Å². The van der Waals surface area contributed by atoms with Crippen LogP contribution in [0.25, 0.3) is 5.69 Å². The molecule has 0 aliphatic carbocycles. The minimum atomic E-state index is -0.657. The Balaban J connectivity index is 1.43. The Bertz CT molecular complexity index is 1610. The molecule has 2 amide bonds. The van der Waals surface area contributed by atoms with Crippen LogP contribution >= 0.6 is 0 Å². The van der Waals surface area contributed by atoms with E-state index in [1.165, 1.54) is 0 Å². The Morgan fingerprint density at radius 3 is 2.25 bits per heavy atom. The second kappa shape index (κ2) is 13.4. The van der Waals surface area contributed by atoms with E-state index in [-0.39, 0.29) is 17.8 Å². The number of rotatable bonds is 9. The summed E-state index contributed by atoms with van der Waals surface area (Å²) in [5.74, 6) is -0.988. The molecular weight excluding hydrogens is 550 g/mol. The Morgan fingerprint density at radius 1 is 0.909 bits per heavy atom. The van der Waals surface area contributed by atoms with Crippen LogP contribution in [0.15, 0.2) is 84.9 Å². The van der Waals surface area contributed by atoms with Gasteiger partial charge in [-0.25, -0.2) is 9.48 Å². The number of benzene rings is 3. The predicted molar refractivity (Wildman–Crippen MR) is 175 cm³/mol. The third-order valence-electron chi connectivity index (χ3n) is 8.16. The molecule has 3 N–H and O–H groups in total. The van der Waals surface area contributed by atoms with E-state index in [9.17, 15) is 14.4 Å². The summed E-state index contributed by atoms with van der Waals surface area (Å²) in [4.78, 5) is 40.8. The molecule has 0 radical (unpaired) electrons. The molecule has 5 rings (SSSR count). The summed E-state index contributed by atoms with van der Waals surface area (Å²) in [6, 6.07) is 26.0. The number of carbonyl (C=O) groups is 3. The Labute approximate surface area is 259 Å². The minimum Gasteiger partial charge on any atom is -0.317 e. The molecule has 2 heterocycles. The van der Waals surface area contributed by atoms with Gasteiger partial charge in [0.1, 0.15) is 5.82 Å². The number of nitrogens with one attached hydrogen (secondary N) is 3. The lowest BCUT2D eigenvalue weighted by molar-refractivity contribution is -0.138. The second-order valence-electron chi connectivity index (χ2n) is 12.6. The third-order valence-corrected chi connectivity index (χ3v) is 8.16. The quantitative estimate of drug-likeness (QED) is 0.191. The number of anilines is 2. The number of aryl methyl sites for hydroxylation is 1. The first-order valence-corrected chi connectivity index (χ1v) is 15.3. The molecule has 1 fully saturated rings. The summed E-state index contributed by atoms with van der Waals surface area (Å²) in [5, 5.41) is 14.1. The van der Waals surface area contributed by atoms with Gasteiger partial charge < -0.3 is 10.6 Å². The van der Waals surface area contributed by atoms with Crippen LogP contribution in [0.2, 0.25) is 0 Å². The van der Waals surface area contributed by atoms with Gasteiger partial charge >= 0.3 is 6.03 Å². The molecule has 0 bridgehead atoms. The maximum Gasteiger partial charge on any atom is 0.324 e. The van der Waals surface area contributed by atoms with Crippen LogP contribution in [-0.2, 0) is 21.4 Å². The number of carbonyl (C=O) groups excluding carboxylic acids is 3. The number of nitrogens with zero attached hydrogens (tertiary/aromatic N) is 2. The van der Waals surface area contributed by atoms with Gasteiger partial charge in [-0.3, -0.25) is 14.9 Å². The summed E-state index contributed by atoms with van der Waals surface area (Å²) in [7, 11) is 0. The topological polar surface area (TPSA) is 105 Å². The predicted octanol–water partition coefficient (Wildman–Crippen LogP) is 6.59. The maximum absolute atomic E-state index is 13.9. The molecule has 1 atom stereocenters.